The molecule has 8 heteroatoms. The Hall–Kier alpha value is -0.820. The molecule has 20 heavy (non-hydrogen) atoms. The van der Waals surface area contributed by atoms with Crippen molar-refractivity contribution in [1.82, 2.24) is 5.32 Å². The second kappa shape index (κ2) is 5.89. The first-order valence-electron chi connectivity index (χ1n) is 6.01. The average Bonchev–Trinajstić information content (AvgIpc) is 3.07. The van der Waals surface area contributed by atoms with Crippen molar-refractivity contribution >= 4 is 39.1 Å². The fourth-order valence-corrected chi connectivity index (χ4v) is 3.01. The summed E-state index contributed by atoms with van der Waals surface area (Å²) in [5.41, 5.74) is 0.891. The second-order valence-electron chi connectivity index (χ2n) is 4.77. The van der Waals surface area contributed by atoms with Crippen molar-refractivity contribution in [3.05, 3.63) is 33.8 Å². The fraction of sp³-hybridized carbons (Fsp3) is 0.417. The van der Waals surface area contributed by atoms with Crippen molar-refractivity contribution in [2.45, 2.75) is 12.3 Å². The van der Waals surface area contributed by atoms with Gasteiger partial charge in [-0.1, -0.05) is 29.3 Å². The van der Waals surface area contributed by atoms with Gasteiger partial charge in [0.2, 0.25) is 15.9 Å². The van der Waals surface area contributed by atoms with Gasteiger partial charge in [-0.25, -0.2) is 13.6 Å². The second-order valence-corrected chi connectivity index (χ2v) is 7.35. The number of rotatable bonds is 5. The fourth-order valence-electron chi connectivity index (χ4n) is 2.08. The highest BCUT2D eigenvalue weighted by Crippen LogP contribution is 2.49. The molecular formula is C12H14Cl2N2O3S. The number of primary sulfonamides is 1. The minimum atomic E-state index is -3.55. The first kappa shape index (κ1) is 15.6. The molecule has 0 unspecified atom stereocenters. The summed E-state index contributed by atoms with van der Waals surface area (Å²) >= 11 is 11.9. The van der Waals surface area contributed by atoms with Crippen molar-refractivity contribution in [3.8, 4) is 0 Å². The molecule has 0 saturated heterocycles. The molecule has 1 aliphatic carbocycles. The van der Waals surface area contributed by atoms with Gasteiger partial charge in [0.05, 0.1) is 5.75 Å². The lowest BCUT2D eigenvalue weighted by molar-refractivity contribution is -0.122. The molecule has 0 heterocycles. The van der Waals surface area contributed by atoms with E-state index in [1.807, 2.05) is 6.07 Å². The zero-order valence-electron chi connectivity index (χ0n) is 10.5. The number of hydrogen-bond donors (Lipinski definition) is 2. The molecule has 0 spiro atoms. The van der Waals surface area contributed by atoms with Gasteiger partial charge in [0, 0.05) is 22.5 Å². The summed E-state index contributed by atoms with van der Waals surface area (Å²) in [7, 11) is -3.55. The Labute approximate surface area is 127 Å². The maximum Gasteiger partial charge on any atom is 0.223 e. The lowest BCUT2D eigenvalue weighted by atomic mass is 10.1. The van der Waals surface area contributed by atoms with E-state index in [0.717, 1.165) is 5.56 Å². The van der Waals surface area contributed by atoms with E-state index < -0.39 is 10.0 Å². The highest BCUT2D eigenvalue weighted by molar-refractivity contribution is 7.89. The summed E-state index contributed by atoms with van der Waals surface area (Å²) in [6, 6.07) is 5.19. The van der Waals surface area contributed by atoms with Crippen LogP contribution in [-0.4, -0.2) is 26.6 Å². The standard InChI is InChI=1S/C12H14Cl2N2O3S/c13-7-1-2-8(11(14)5-7)9-6-10(9)12(17)16-3-4-20(15,18)19/h1-2,5,9-10H,3-4,6H2,(H,16,17)(H2,15,18,19)/t9-,10-/m0/s1. The summed E-state index contributed by atoms with van der Waals surface area (Å²) in [6.45, 7) is 0.0231. The third kappa shape index (κ3) is 4.09. The Morgan fingerprint density at radius 3 is 2.70 bits per heavy atom. The van der Waals surface area contributed by atoms with Crippen LogP contribution >= 0.6 is 23.2 Å². The Bertz CT molecular complexity index is 634. The minimum Gasteiger partial charge on any atom is -0.355 e. The molecule has 5 nitrogen and oxygen atoms in total. The molecule has 3 N–H and O–H groups in total. The van der Waals surface area contributed by atoms with Crippen LogP contribution in [0.5, 0.6) is 0 Å². The first-order valence-corrected chi connectivity index (χ1v) is 8.48. The molecule has 1 aliphatic rings. The van der Waals surface area contributed by atoms with Crippen molar-refractivity contribution in [3.63, 3.8) is 0 Å². The molecule has 1 saturated carbocycles. The molecule has 0 radical (unpaired) electrons. The largest absolute Gasteiger partial charge is 0.355 e. The van der Waals surface area contributed by atoms with Crippen molar-refractivity contribution < 1.29 is 13.2 Å². The number of hydrogen-bond acceptors (Lipinski definition) is 3. The van der Waals surface area contributed by atoms with E-state index in [1.54, 1.807) is 12.1 Å². The van der Waals surface area contributed by atoms with Crippen LogP contribution in [0.3, 0.4) is 0 Å². The van der Waals surface area contributed by atoms with E-state index in [1.165, 1.54) is 0 Å². The molecule has 0 bridgehead atoms. The number of carbonyl (C=O) groups is 1. The molecule has 2 rings (SSSR count). The number of nitrogens with two attached hydrogens (primary N) is 1. The van der Waals surface area contributed by atoms with Gasteiger partial charge in [-0.15, -0.1) is 0 Å². The summed E-state index contributed by atoms with van der Waals surface area (Å²) in [5.74, 6) is -0.550. The maximum absolute atomic E-state index is 11.8. The van der Waals surface area contributed by atoms with Crippen LogP contribution in [0.25, 0.3) is 0 Å². The lowest BCUT2D eigenvalue weighted by Crippen LogP contribution is -2.32. The Kier molecular flexibility index (Phi) is 4.59. The predicted octanol–water partition coefficient (Wildman–Crippen LogP) is 1.50. The topological polar surface area (TPSA) is 89.3 Å². The van der Waals surface area contributed by atoms with E-state index in [9.17, 15) is 13.2 Å². The number of carbonyl (C=O) groups excluding carboxylic acids is 1. The Morgan fingerprint density at radius 1 is 1.40 bits per heavy atom. The van der Waals surface area contributed by atoms with Crippen LogP contribution in [0.4, 0.5) is 0 Å². The van der Waals surface area contributed by atoms with E-state index in [2.05, 4.69) is 5.32 Å². The third-order valence-electron chi connectivity index (χ3n) is 3.17. The van der Waals surface area contributed by atoms with Gasteiger partial charge in [0.1, 0.15) is 0 Å². The van der Waals surface area contributed by atoms with Crippen molar-refractivity contribution in [2.75, 3.05) is 12.3 Å². The summed E-state index contributed by atoms with van der Waals surface area (Å²) in [6.07, 6.45) is 0.697. The number of benzene rings is 1. The number of sulfonamides is 1. The average molecular weight is 337 g/mol. The van der Waals surface area contributed by atoms with Gasteiger partial charge in [-0.3, -0.25) is 4.79 Å². The van der Waals surface area contributed by atoms with Gasteiger partial charge in [0.25, 0.3) is 0 Å². The van der Waals surface area contributed by atoms with E-state index in [-0.39, 0.29) is 30.0 Å². The summed E-state index contributed by atoms with van der Waals surface area (Å²) < 4.78 is 21.5. The summed E-state index contributed by atoms with van der Waals surface area (Å²) in [5, 5.41) is 8.51. The van der Waals surface area contributed by atoms with Crippen molar-refractivity contribution in [1.29, 1.82) is 0 Å². The van der Waals surface area contributed by atoms with Crippen LogP contribution in [0.1, 0.15) is 17.9 Å². The molecule has 0 aromatic heterocycles. The van der Waals surface area contributed by atoms with Gasteiger partial charge in [-0.2, -0.15) is 0 Å². The molecule has 1 aromatic carbocycles. The van der Waals surface area contributed by atoms with E-state index >= 15 is 0 Å². The normalized spacial score (nSPS) is 21.6. The van der Waals surface area contributed by atoms with Crippen LogP contribution < -0.4 is 10.5 Å². The van der Waals surface area contributed by atoms with E-state index in [0.29, 0.717) is 16.5 Å². The zero-order valence-corrected chi connectivity index (χ0v) is 12.8. The smallest absolute Gasteiger partial charge is 0.223 e. The molecule has 1 fully saturated rings. The van der Waals surface area contributed by atoms with Crippen LogP contribution in [0.2, 0.25) is 10.0 Å². The van der Waals surface area contributed by atoms with Gasteiger partial charge in [0.15, 0.2) is 0 Å². The SMILES string of the molecule is NS(=O)(=O)CCNC(=O)[C@H]1C[C@H]1c1ccc(Cl)cc1Cl. The molecular weight excluding hydrogens is 323 g/mol. The Balaban J connectivity index is 1.89. The number of nitrogens with one attached hydrogen (secondary N) is 1. The molecule has 2 atom stereocenters. The molecule has 0 aliphatic heterocycles. The molecule has 1 aromatic rings. The summed E-state index contributed by atoms with van der Waals surface area (Å²) in [4.78, 5) is 11.8. The van der Waals surface area contributed by atoms with Crippen LogP contribution in [-0.2, 0) is 14.8 Å². The zero-order chi connectivity index (χ0) is 14.9. The van der Waals surface area contributed by atoms with E-state index in [4.69, 9.17) is 28.3 Å². The number of amides is 1. The first-order chi connectivity index (χ1) is 9.28. The van der Waals surface area contributed by atoms with Gasteiger partial charge < -0.3 is 5.32 Å². The quantitative estimate of drug-likeness (QED) is 0.853. The lowest BCUT2D eigenvalue weighted by Gasteiger charge is -2.05. The minimum absolute atomic E-state index is 0.0231. The van der Waals surface area contributed by atoms with Crippen molar-refractivity contribution in [2.24, 2.45) is 11.1 Å². The van der Waals surface area contributed by atoms with Crippen LogP contribution in [0, 0.1) is 5.92 Å². The maximum atomic E-state index is 11.8. The monoisotopic (exact) mass is 336 g/mol. The molecule has 110 valence electrons. The predicted molar refractivity (Wildman–Crippen MR) is 78.3 cm³/mol. The van der Waals surface area contributed by atoms with Crippen LogP contribution in [0.15, 0.2) is 18.2 Å². The van der Waals surface area contributed by atoms with Gasteiger partial charge >= 0.3 is 0 Å². The highest BCUT2D eigenvalue weighted by Gasteiger charge is 2.44. The molecule has 1 amide bonds. The highest BCUT2D eigenvalue weighted by atomic mass is 35.5. The van der Waals surface area contributed by atoms with Gasteiger partial charge in [-0.05, 0) is 30.0 Å². The third-order valence-corrected chi connectivity index (χ3v) is 4.51. The number of halogens is 2. The Morgan fingerprint density at radius 2 is 2.10 bits per heavy atom.